The van der Waals surface area contributed by atoms with E-state index in [2.05, 4.69) is 51.5 Å². The van der Waals surface area contributed by atoms with E-state index in [4.69, 9.17) is 0 Å². The van der Waals surface area contributed by atoms with Gasteiger partial charge in [-0.3, -0.25) is 9.78 Å². The van der Waals surface area contributed by atoms with Gasteiger partial charge in [0.25, 0.3) is 0 Å². The highest BCUT2D eigenvalue weighted by Gasteiger charge is 2.51. The van der Waals surface area contributed by atoms with Gasteiger partial charge in [0.15, 0.2) is 5.82 Å². The summed E-state index contributed by atoms with van der Waals surface area (Å²) in [5.41, 5.74) is 4.66. The Morgan fingerprint density at radius 1 is 1.07 bits per heavy atom. The Bertz CT molecular complexity index is 995. The third-order valence-corrected chi connectivity index (χ3v) is 5.56. The lowest BCUT2D eigenvalue weighted by Crippen LogP contribution is -2.36. The van der Waals surface area contributed by atoms with Crippen LogP contribution < -0.4 is 5.32 Å². The van der Waals surface area contributed by atoms with E-state index in [9.17, 15) is 4.79 Å². The molecule has 2 heterocycles. The third kappa shape index (κ3) is 3.40. The topological polar surface area (TPSA) is 67.8 Å². The quantitative estimate of drug-likeness (QED) is 0.733. The van der Waals surface area contributed by atoms with Crippen LogP contribution in [0.15, 0.2) is 55.0 Å². The molecule has 28 heavy (non-hydrogen) atoms. The molecule has 1 N–H and O–H groups in total. The number of aromatic nitrogens is 3. The van der Waals surface area contributed by atoms with Gasteiger partial charge in [-0.05, 0) is 51.3 Å². The average molecular weight is 372 g/mol. The van der Waals surface area contributed by atoms with E-state index in [1.807, 2.05) is 32.2 Å². The molecule has 0 bridgehead atoms. The molecule has 2 aromatic heterocycles. The Morgan fingerprint density at radius 2 is 1.75 bits per heavy atom. The van der Waals surface area contributed by atoms with Crippen LogP contribution >= 0.6 is 0 Å². The fourth-order valence-corrected chi connectivity index (χ4v) is 3.60. The SMILES string of the molecule is Cc1ccc(C2(C(=O)NC(C)c3cnc(-c4ccncc4)nc3C)CC2)cc1. The van der Waals surface area contributed by atoms with E-state index in [1.165, 1.54) is 5.56 Å². The molecule has 1 aromatic carbocycles. The molecule has 0 spiro atoms. The zero-order valence-electron chi connectivity index (χ0n) is 16.4. The van der Waals surface area contributed by atoms with Gasteiger partial charge in [-0.15, -0.1) is 0 Å². The summed E-state index contributed by atoms with van der Waals surface area (Å²) >= 11 is 0. The van der Waals surface area contributed by atoms with Crippen molar-refractivity contribution in [3.05, 3.63) is 77.4 Å². The molecule has 3 aromatic rings. The van der Waals surface area contributed by atoms with Crippen LogP contribution in [0.25, 0.3) is 11.4 Å². The number of rotatable bonds is 5. The van der Waals surface area contributed by atoms with Crippen LogP contribution in [0.2, 0.25) is 0 Å². The molecule has 1 aliphatic carbocycles. The summed E-state index contributed by atoms with van der Waals surface area (Å²) < 4.78 is 0. The van der Waals surface area contributed by atoms with Gasteiger partial charge in [0.05, 0.1) is 11.5 Å². The number of hydrogen-bond acceptors (Lipinski definition) is 4. The number of carbonyl (C=O) groups excluding carboxylic acids is 1. The Morgan fingerprint density at radius 3 is 2.36 bits per heavy atom. The molecule has 1 aliphatic rings. The van der Waals surface area contributed by atoms with E-state index in [-0.39, 0.29) is 17.4 Å². The van der Waals surface area contributed by atoms with Crippen LogP contribution in [0.1, 0.15) is 48.2 Å². The number of hydrogen-bond donors (Lipinski definition) is 1. The molecule has 1 saturated carbocycles. The molecule has 142 valence electrons. The van der Waals surface area contributed by atoms with Crippen molar-refractivity contribution in [3.8, 4) is 11.4 Å². The third-order valence-electron chi connectivity index (χ3n) is 5.56. The second kappa shape index (κ2) is 7.15. The first-order valence-electron chi connectivity index (χ1n) is 9.62. The maximum atomic E-state index is 13.0. The molecule has 5 nitrogen and oxygen atoms in total. The fourth-order valence-electron chi connectivity index (χ4n) is 3.60. The highest BCUT2D eigenvalue weighted by molar-refractivity contribution is 5.91. The van der Waals surface area contributed by atoms with Crippen LogP contribution in [0.5, 0.6) is 0 Å². The molecule has 0 radical (unpaired) electrons. The smallest absolute Gasteiger partial charge is 0.231 e. The van der Waals surface area contributed by atoms with E-state index < -0.39 is 0 Å². The number of benzene rings is 1. The molecule has 1 unspecified atom stereocenters. The van der Waals surface area contributed by atoms with Crippen LogP contribution in [-0.4, -0.2) is 20.9 Å². The molecule has 1 amide bonds. The first-order valence-corrected chi connectivity index (χ1v) is 9.62. The predicted octanol–water partition coefficient (Wildman–Crippen LogP) is 4.06. The minimum Gasteiger partial charge on any atom is -0.349 e. The lowest BCUT2D eigenvalue weighted by molar-refractivity contribution is -0.124. The van der Waals surface area contributed by atoms with Gasteiger partial charge in [-0.25, -0.2) is 9.97 Å². The van der Waals surface area contributed by atoms with Gasteiger partial charge >= 0.3 is 0 Å². The molecular formula is C23H24N4O. The van der Waals surface area contributed by atoms with Crippen molar-refractivity contribution in [2.24, 2.45) is 0 Å². The molecular weight excluding hydrogens is 348 g/mol. The van der Waals surface area contributed by atoms with Crippen molar-refractivity contribution in [1.82, 2.24) is 20.3 Å². The zero-order chi connectivity index (χ0) is 19.7. The Hall–Kier alpha value is -3.08. The first kappa shape index (κ1) is 18.3. The lowest BCUT2D eigenvalue weighted by Gasteiger charge is -2.21. The van der Waals surface area contributed by atoms with Crippen molar-refractivity contribution in [3.63, 3.8) is 0 Å². The summed E-state index contributed by atoms with van der Waals surface area (Å²) in [6, 6.07) is 11.9. The molecule has 0 aliphatic heterocycles. The lowest BCUT2D eigenvalue weighted by atomic mass is 9.93. The van der Waals surface area contributed by atoms with Gasteiger partial charge in [-0.2, -0.15) is 0 Å². The number of nitrogens with zero attached hydrogens (tertiary/aromatic N) is 3. The van der Waals surface area contributed by atoms with Gasteiger partial charge < -0.3 is 5.32 Å². The number of nitrogens with one attached hydrogen (secondary N) is 1. The largest absolute Gasteiger partial charge is 0.349 e. The maximum absolute atomic E-state index is 13.0. The molecule has 4 rings (SSSR count). The summed E-state index contributed by atoms with van der Waals surface area (Å²) in [4.78, 5) is 26.2. The molecule has 1 atom stereocenters. The molecule has 0 saturated heterocycles. The highest BCUT2D eigenvalue weighted by Crippen LogP contribution is 2.48. The fraction of sp³-hybridized carbons (Fsp3) is 0.304. The van der Waals surface area contributed by atoms with Crippen molar-refractivity contribution in [2.45, 2.75) is 45.1 Å². The molecule has 5 heteroatoms. The monoisotopic (exact) mass is 372 g/mol. The second-order valence-electron chi connectivity index (χ2n) is 7.61. The summed E-state index contributed by atoms with van der Waals surface area (Å²) in [5.74, 6) is 0.752. The summed E-state index contributed by atoms with van der Waals surface area (Å²) in [6.45, 7) is 6.00. The van der Waals surface area contributed by atoms with Gasteiger partial charge in [-0.1, -0.05) is 29.8 Å². The van der Waals surface area contributed by atoms with Crippen molar-refractivity contribution < 1.29 is 4.79 Å². The minimum atomic E-state index is -0.381. The van der Waals surface area contributed by atoms with Crippen LogP contribution in [-0.2, 0) is 10.2 Å². The van der Waals surface area contributed by atoms with E-state index in [0.717, 1.165) is 35.2 Å². The van der Waals surface area contributed by atoms with Crippen molar-refractivity contribution in [1.29, 1.82) is 0 Å². The van der Waals surface area contributed by atoms with Crippen LogP contribution in [0, 0.1) is 13.8 Å². The van der Waals surface area contributed by atoms with Crippen molar-refractivity contribution >= 4 is 5.91 Å². The standard InChI is InChI=1S/C23H24N4O/c1-15-4-6-19(7-5-15)23(10-11-23)22(28)27-17(3)20-14-25-21(26-16(20)2)18-8-12-24-13-9-18/h4-9,12-14,17H,10-11H2,1-3H3,(H,27,28). The number of carbonyl (C=O) groups is 1. The zero-order valence-corrected chi connectivity index (χ0v) is 16.4. The van der Waals surface area contributed by atoms with Gasteiger partial charge in [0.2, 0.25) is 5.91 Å². The summed E-state index contributed by atoms with van der Waals surface area (Å²) in [7, 11) is 0. The second-order valence-corrected chi connectivity index (χ2v) is 7.61. The van der Waals surface area contributed by atoms with E-state index in [0.29, 0.717) is 5.82 Å². The summed E-state index contributed by atoms with van der Waals surface area (Å²) in [6.07, 6.45) is 7.06. The van der Waals surface area contributed by atoms with Crippen LogP contribution in [0.4, 0.5) is 0 Å². The normalized spacial score (nSPS) is 15.7. The number of aryl methyl sites for hydroxylation is 2. The number of pyridine rings is 1. The van der Waals surface area contributed by atoms with Gasteiger partial charge in [0.1, 0.15) is 0 Å². The van der Waals surface area contributed by atoms with Crippen LogP contribution in [0.3, 0.4) is 0 Å². The number of amides is 1. The minimum absolute atomic E-state index is 0.0847. The highest BCUT2D eigenvalue weighted by atomic mass is 16.2. The Kier molecular flexibility index (Phi) is 4.67. The van der Waals surface area contributed by atoms with Gasteiger partial charge in [0, 0.05) is 35.4 Å². The van der Waals surface area contributed by atoms with E-state index in [1.54, 1.807) is 12.4 Å². The van der Waals surface area contributed by atoms with Crippen molar-refractivity contribution in [2.75, 3.05) is 0 Å². The maximum Gasteiger partial charge on any atom is 0.231 e. The Labute approximate surface area is 165 Å². The first-order chi connectivity index (χ1) is 13.5. The Balaban J connectivity index is 1.51. The predicted molar refractivity (Wildman–Crippen MR) is 109 cm³/mol. The van der Waals surface area contributed by atoms with E-state index >= 15 is 0 Å². The summed E-state index contributed by atoms with van der Waals surface area (Å²) in [5, 5.41) is 3.18. The average Bonchev–Trinajstić information content (AvgIpc) is 3.51. The molecule has 1 fully saturated rings.